The number of hydrogen-bond acceptors (Lipinski definition) is 2. The topological polar surface area (TPSA) is 30.2 Å². The molecule has 0 unspecified atom stereocenters. The van der Waals surface area contributed by atoms with Gasteiger partial charge < -0.3 is 4.42 Å². The summed E-state index contributed by atoms with van der Waals surface area (Å²) >= 11 is 0. The minimum absolute atomic E-state index is 0.232. The standard InChI is InChI=1S/C16H18O2/c1-3-5-11-15-13(8-4-2)12-9-6-7-10-14(12)16(17)18-15/h4,6-7,9-10H,2-3,5,8,11H2,1H3. The molecule has 94 valence electrons. The number of benzene rings is 1. The van der Waals surface area contributed by atoms with Crippen LogP contribution < -0.4 is 5.63 Å². The molecule has 2 heteroatoms. The summed E-state index contributed by atoms with van der Waals surface area (Å²) in [4.78, 5) is 11.9. The van der Waals surface area contributed by atoms with Crippen molar-refractivity contribution in [2.75, 3.05) is 0 Å². The molecular weight excluding hydrogens is 224 g/mol. The Hall–Kier alpha value is -1.83. The molecule has 1 aromatic carbocycles. The number of allylic oxidation sites excluding steroid dienone is 1. The molecule has 0 aliphatic carbocycles. The summed E-state index contributed by atoms with van der Waals surface area (Å²) in [7, 11) is 0. The SMILES string of the molecule is C=CCc1c(CCCC)oc(=O)c2ccccc12. The molecule has 0 saturated heterocycles. The van der Waals surface area contributed by atoms with Crippen LogP contribution in [-0.4, -0.2) is 0 Å². The van der Waals surface area contributed by atoms with Gasteiger partial charge in [-0.05, 0) is 24.3 Å². The van der Waals surface area contributed by atoms with Gasteiger partial charge in [-0.2, -0.15) is 0 Å². The predicted octanol–water partition coefficient (Wildman–Crippen LogP) is 3.86. The Morgan fingerprint density at radius 3 is 2.67 bits per heavy atom. The normalized spacial score (nSPS) is 10.7. The van der Waals surface area contributed by atoms with E-state index < -0.39 is 0 Å². The summed E-state index contributed by atoms with van der Waals surface area (Å²) in [6.07, 6.45) is 5.54. The van der Waals surface area contributed by atoms with Crippen LogP contribution in [0.1, 0.15) is 31.1 Å². The van der Waals surface area contributed by atoms with Crippen LogP contribution in [0.3, 0.4) is 0 Å². The van der Waals surface area contributed by atoms with Crippen molar-refractivity contribution in [2.45, 2.75) is 32.6 Å². The highest BCUT2D eigenvalue weighted by molar-refractivity contribution is 5.85. The van der Waals surface area contributed by atoms with Crippen molar-refractivity contribution in [3.8, 4) is 0 Å². The lowest BCUT2D eigenvalue weighted by Gasteiger charge is -2.09. The van der Waals surface area contributed by atoms with Gasteiger partial charge in [-0.3, -0.25) is 0 Å². The first kappa shape index (κ1) is 12.6. The number of fused-ring (bicyclic) bond motifs is 1. The summed E-state index contributed by atoms with van der Waals surface area (Å²) in [6, 6.07) is 7.62. The number of rotatable bonds is 5. The minimum Gasteiger partial charge on any atom is -0.427 e. The van der Waals surface area contributed by atoms with E-state index in [4.69, 9.17) is 4.42 Å². The van der Waals surface area contributed by atoms with E-state index >= 15 is 0 Å². The van der Waals surface area contributed by atoms with Crippen molar-refractivity contribution < 1.29 is 4.42 Å². The summed E-state index contributed by atoms with van der Waals surface area (Å²) in [5, 5.41) is 1.66. The molecule has 0 atom stereocenters. The third-order valence-corrected chi connectivity index (χ3v) is 3.13. The van der Waals surface area contributed by atoms with Crippen LogP contribution in [0.5, 0.6) is 0 Å². The van der Waals surface area contributed by atoms with E-state index in [2.05, 4.69) is 13.5 Å². The average molecular weight is 242 g/mol. The van der Waals surface area contributed by atoms with Crippen molar-refractivity contribution >= 4 is 10.8 Å². The Balaban J connectivity index is 2.65. The third-order valence-electron chi connectivity index (χ3n) is 3.13. The van der Waals surface area contributed by atoms with Gasteiger partial charge in [-0.25, -0.2) is 4.79 Å². The van der Waals surface area contributed by atoms with Gasteiger partial charge in [0.1, 0.15) is 5.76 Å². The number of hydrogen-bond donors (Lipinski definition) is 0. The zero-order valence-electron chi connectivity index (χ0n) is 10.7. The molecule has 0 saturated carbocycles. The maximum absolute atomic E-state index is 11.9. The lowest BCUT2D eigenvalue weighted by Crippen LogP contribution is -2.06. The summed E-state index contributed by atoms with van der Waals surface area (Å²) in [5.74, 6) is 0.820. The fourth-order valence-electron chi connectivity index (χ4n) is 2.21. The van der Waals surface area contributed by atoms with Crippen molar-refractivity contribution in [3.63, 3.8) is 0 Å². The highest BCUT2D eigenvalue weighted by Crippen LogP contribution is 2.21. The van der Waals surface area contributed by atoms with Gasteiger partial charge >= 0.3 is 5.63 Å². The Kier molecular flexibility index (Phi) is 3.98. The van der Waals surface area contributed by atoms with E-state index in [1.807, 2.05) is 30.3 Å². The predicted molar refractivity (Wildman–Crippen MR) is 75.0 cm³/mol. The second kappa shape index (κ2) is 5.67. The molecule has 2 rings (SSSR count). The quantitative estimate of drug-likeness (QED) is 0.745. The van der Waals surface area contributed by atoms with Crippen LogP contribution in [0.4, 0.5) is 0 Å². The smallest absolute Gasteiger partial charge is 0.343 e. The van der Waals surface area contributed by atoms with Gasteiger partial charge in [0.25, 0.3) is 0 Å². The lowest BCUT2D eigenvalue weighted by molar-refractivity contribution is 0.454. The molecule has 1 aromatic heterocycles. The van der Waals surface area contributed by atoms with Gasteiger partial charge in [0.2, 0.25) is 0 Å². The Labute approximate surface area is 107 Å². The van der Waals surface area contributed by atoms with Gasteiger partial charge in [0, 0.05) is 12.0 Å². The maximum Gasteiger partial charge on any atom is 0.343 e. The van der Waals surface area contributed by atoms with Crippen LogP contribution in [0.2, 0.25) is 0 Å². The molecule has 18 heavy (non-hydrogen) atoms. The zero-order valence-corrected chi connectivity index (χ0v) is 10.7. The van der Waals surface area contributed by atoms with E-state index in [-0.39, 0.29) is 5.63 Å². The Morgan fingerprint density at radius 1 is 1.28 bits per heavy atom. The van der Waals surface area contributed by atoms with Gasteiger partial charge in [0.15, 0.2) is 0 Å². The van der Waals surface area contributed by atoms with Crippen molar-refractivity contribution in [1.82, 2.24) is 0 Å². The molecule has 0 aliphatic heterocycles. The molecule has 0 fully saturated rings. The summed E-state index contributed by atoms with van der Waals surface area (Å²) in [6.45, 7) is 5.92. The first-order chi connectivity index (χ1) is 8.77. The molecule has 0 radical (unpaired) electrons. The Bertz CT molecular complexity index is 608. The van der Waals surface area contributed by atoms with E-state index in [0.717, 1.165) is 42.4 Å². The molecule has 2 nitrogen and oxygen atoms in total. The molecule has 0 aliphatic rings. The van der Waals surface area contributed by atoms with E-state index in [1.165, 1.54) is 0 Å². The largest absolute Gasteiger partial charge is 0.427 e. The van der Waals surface area contributed by atoms with E-state index in [0.29, 0.717) is 5.39 Å². The fourth-order valence-corrected chi connectivity index (χ4v) is 2.21. The Morgan fingerprint density at radius 2 is 2.00 bits per heavy atom. The van der Waals surface area contributed by atoms with Crippen LogP contribution in [0.15, 0.2) is 46.1 Å². The fraction of sp³-hybridized carbons (Fsp3) is 0.312. The maximum atomic E-state index is 11.9. The molecule has 1 heterocycles. The molecular formula is C16H18O2. The monoisotopic (exact) mass is 242 g/mol. The van der Waals surface area contributed by atoms with Crippen LogP contribution in [-0.2, 0) is 12.8 Å². The molecule has 0 bridgehead atoms. The molecule has 2 aromatic rings. The van der Waals surface area contributed by atoms with Gasteiger partial charge in [0.05, 0.1) is 5.39 Å². The van der Waals surface area contributed by atoms with Crippen molar-refractivity contribution in [3.05, 3.63) is 58.7 Å². The second-order valence-corrected chi connectivity index (χ2v) is 4.43. The third kappa shape index (κ3) is 2.37. The van der Waals surface area contributed by atoms with Gasteiger partial charge in [-0.15, -0.1) is 6.58 Å². The highest BCUT2D eigenvalue weighted by atomic mass is 16.4. The van der Waals surface area contributed by atoms with E-state index in [1.54, 1.807) is 0 Å². The molecule has 0 spiro atoms. The van der Waals surface area contributed by atoms with Crippen LogP contribution in [0.25, 0.3) is 10.8 Å². The van der Waals surface area contributed by atoms with Crippen LogP contribution >= 0.6 is 0 Å². The zero-order chi connectivity index (χ0) is 13.0. The minimum atomic E-state index is -0.232. The molecule has 0 N–H and O–H groups in total. The van der Waals surface area contributed by atoms with Gasteiger partial charge in [-0.1, -0.05) is 37.6 Å². The first-order valence-electron chi connectivity index (χ1n) is 6.42. The summed E-state index contributed by atoms with van der Waals surface area (Å²) in [5.41, 5.74) is 0.873. The average Bonchev–Trinajstić information content (AvgIpc) is 2.40. The van der Waals surface area contributed by atoms with Crippen molar-refractivity contribution in [2.24, 2.45) is 0 Å². The first-order valence-corrected chi connectivity index (χ1v) is 6.42. The lowest BCUT2D eigenvalue weighted by atomic mass is 10.0. The van der Waals surface area contributed by atoms with Crippen molar-refractivity contribution in [1.29, 1.82) is 0 Å². The highest BCUT2D eigenvalue weighted by Gasteiger charge is 2.11. The number of aryl methyl sites for hydroxylation is 1. The van der Waals surface area contributed by atoms with E-state index in [9.17, 15) is 4.79 Å². The molecule has 0 amide bonds. The summed E-state index contributed by atoms with van der Waals surface area (Å²) < 4.78 is 5.47. The number of unbranched alkanes of at least 4 members (excludes halogenated alkanes) is 1. The second-order valence-electron chi connectivity index (χ2n) is 4.43. The van der Waals surface area contributed by atoms with Crippen LogP contribution in [0, 0.1) is 0 Å².